The van der Waals surface area contributed by atoms with Crippen LogP contribution in [0.1, 0.15) is 11.3 Å². The van der Waals surface area contributed by atoms with Crippen LogP contribution in [-0.2, 0) is 12.7 Å². The van der Waals surface area contributed by atoms with E-state index in [1.165, 1.54) is 6.20 Å². The van der Waals surface area contributed by atoms with E-state index in [-0.39, 0.29) is 16.7 Å². The van der Waals surface area contributed by atoms with E-state index in [9.17, 15) is 13.2 Å². The Balaban J connectivity index is 1.75. The molecule has 0 aliphatic heterocycles. The molecule has 134 valence electrons. The third kappa shape index (κ3) is 4.57. The lowest BCUT2D eigenvalue weighted by molar-refractivity contribution is -0.137. The lowest BCUT2D eigenvalue weighted by Crippen LogP contribution is -2.08. The van der Waals surface area contributed by atoms with Crippen LogP contribution >= 0.6 is 11.6 Å². The van der Waals surface area contributed by atoms with Gasteiger partial charge in [0.05, 0.1) is 34.7 Å². The summed E-state index contributed by atoms with van der Waals surface area (Å²) in [5.74, 6) is 0.397. The summed E-state index contributed by atoms with van der Waals surface area (Å²) in [6.07, 6.45) is -1.42. The molecule has 0 spiro atoms. The van der Waals surface area contributed by atoms with Gasteiger partial charge in [0.15, 0.2) is 5.82 Å². The largest absolute Gasteiger partial charge is 0.416 e. The Morgan fingerprint density at radius 2 is 1.96 bits per heavy atom. The zero-order valence-corrected chi connectivity index (χ0v) is 13.9. The molecule has 0 unspecified atom stereocenters. The van der Waals surface area contributed by atoms with Crippen molar-refractivity contribution in [3.8, 4) is 0 Å². The smallest absolute Gasteiger partial charge is 0.363 e. The van der Waals surface area contributed by atoms with Crippen LogP contribution < -0.4 is 10.6 Å². The monoisotopic (exact) mass is 380 g/mol. The zero-order valence-electron chi connectivity index (χ0n) is 13.1. The van der Waals surface area contributed by atoms with Crippen molar-refractivity contribution in [3.63, 3.8) is 0 Å². The molecule has 0 saturated heterocycles. The molecule has 0 bridgehead atoms. The number of halogens is 4. The van der Waals surface area contributed by atoms with Gasteiger partial charge in [0, 0.05) is 6.20 Å². The first kappa shape index (κ1) is 17.9. The first-order chi connectivity index (χ1) is 12.4. The number of nitrogens with one attached hydrogen (secondary N) is 2. The van der Waals surface area contributed by atoms with Crippen LogP contribution in [0.25, 0.3) is 0 Å². The Hall–Kier alpha value is -2.94. The topological polar surface area (TPSA) is 75.6 Å². The molecular weight excluding hydrogens is 369 g/mol. The number of pyridine rings is 1. The van der Waals surface area contributed by atoms with Gasteiger partial charge in [-0.25, -0.2) is 0 Å². The van der Waals surface area contributed by atoms with Crippen molar-refractivity contribution in [3.05, 3.63) is 65.1 Å². The molecule has 0 aliphatic carbocycles. The summed E-state index contributed by atoms with van der Waals surface area (Å²) in [4.78, 5) is 8.31. The quantitative estimate of drug-likeness (QED) is 0.687. The molecule has 0 fully saturated rings. The summed E-state index contributed by atoms with van der Waals surface area (Å²) >= 11 is 5.95. The second kappa shape index (κ2) is 7.52. The predicted octanol–water partition coefficient (Wildman–Crippen LogP) is 4.29. The van der Waals surface area contributed by atoms with Crippen molar-refractivity contribution in [2.45, 2.75) is 12.7 Å². The normalized spacial score (nSPS) is 11.2. The molecule has 3 rings (SSSR count). The van der Waals surface area contributed by atoms with Crippen molar-refractivity contribution in [1.29, 1.82) is 0 Å². The fraction of sp³-hybridized carbons (Fsp3) is 0.125. The molecule has 2 aromatic heterocycles. The SMILES string of the molecule is FC(F)(F)c1ccc(Cl)c(Nc2nncc(NCc3ccccn3)n2)c1. The Morgan fingerprint density at radius 3 is 2.69 bits per heavy atom. The minimum atomic E-state index is -4.48. The van der Waals surface area contributed by atoms with E-state index < -0.39 is 11.7 Å². The summed E-state index contributed by atoms with van der Waals surface area (Å²) in [5, 5.41) is 13.3. The molecule has 0 saturated carbocycles. The third-order valence-electron chi connectivity index (χ3n) is 3.28. The number of rotatable bonds is 5. The van der Waals surface area contributed by atoms with E-state index in [1.54, 1.807) is 12.3 Å². The molecule has 0 aliphatic rings. The number of nitrogens with zero attached hydrogens (tertiary/aromatic N) is 4. The van der Waals surface area contributed by atoms with Gasteiger partial charge in [0.1, 0.15) is 0 Å². The Kier molecular flexibility index (Phi) is 5.17. The maximum Gasteiger partial charge on any atom is 0.416 e. The molecule has 6 nitrogen and oxygen atoms in total. The minimum Gasteiger partial charge on any atom is -0.363 e. The Morgan fingerprint density at radius 1 is 1.12 bits per heavy atom. The van der Waals surface area contributed by atoms with E-state index >= 15 is 0 Å². The molecular formula is C16H12ClF3N6. The van der Waals surface area contributed by atoms with Gasteiger partial charge in [-0.15, -0.1) is 5.10 Å². The third-order valence-corrected chi connectivity index (χ3v) is 3.61. The number of anilines is 3. The summed E-state index contributed by atoms with van der Waals surface area (Å²) in [6, 6.07) is 8.44. The van der Waals surface area contributed by atoms with E-state index in [1.807, 2.05) is 12.1 Å². The first-order valence-corrected chi connectivity index (χ1v) is 7.77. The summed E-state index contributed by atoms with van der Waals surface area (Å²) in [5.41, 5.74) is -0.00602. The maximum absolute atomic E-state index is 12.8. The van der Waals surface area contributed by atoms with Crippen LogP contribution in [0.2, 0.25) is 5.02 Å². The lowest BCUT2D eigenvalue weighted by atomic mass is 10.2. The van der Waals surface area contributed by atoms with Gasteiger partial charge in [-0.05, 0) is 30.3 Å². The minimum absolute atomic E-state index is 0.0113. The number of alkyl halides is 3. The van der Waals surface area contributed by atoms with Gasteiger partial charge in [-0.2, -0.15) is 23.3 Å². The maximum atomic E-state index is 12.8. The summed E-state index contributed by atoms with van der Waals surface area (Å²) in [6.45, 7) is 0.406. The average molecular weight is 381 g/mol. The van der Waals surface area contributed by atoms with Gasteiger partial charge in [-0.3, -0.25) is 4.98 Å². The van der Waals surface area contributed by atoms with Gasteiger partial charge in [-0.1, -0.05) is 17.7 Å². The fourth-order valence-corrected chi connectivity index (χ4v) is 2.21. The molecule has 26 heavy (non-hydrogen) atoms. The Bertz CT molecular complexity index is 889. The van der Waals surface area contributed by atoms with E-state index in [0.29, 0.717) is 12.4 Å². The molecule has 3 aromatic rings. The van der Waals surface area contributed by atoms with Crippen LogP contribution in [0.5, 0.6) is 0 Å². The highest BCUT2D eigenvalue weighted by atomic mass is 35.5. The lowest BCUT2D eigenvalue weighted by Gasteiger charge is -2.12. The van der Waals surface area contributed by atoms with Crippen LogP contribution in [0, 0.1) is 0 Å². The van der Waals surface area contributed by atoms with Crippen LogP contribution in [0.4, 0.5) is 30.6 Å². The molecule has 0 amide bonds. The summed E-state index contributed by atoms with van der Waals surface area (Å²) in [7, 11) is 0. The summed E-state index contributed by atoms with van der Waals surface area (Å²) < 4.78 is 38.5. The fourth-order valence-electron chi connectivity index (χ4n) is 2.04. The highest BCUT2D eigenvalue weighted by Gasteiger charge is 2.31. The second-order valence-electron chi connectivity index (χ2n) is 5.16. The van der Waals surface area contributed by atoms with E-state index in [4.69, 9.17) is 11.6 Å². The molecule has 1 aromatic carbocycles. The molecule has 0 radical (unpaired) electrons. The van der Waals surface area contributed by atoms with Gasteiger partial charge in [0.25, 0.3) is 0 Å². The number of hydrogen-bond donors (Lipinski definition) is 2. The number of benzene rings is 1. The van der Waals surface area contributed by atoms with Gasteiger partial charge >= 0.3 is 6.18 Å². The van der Waals surface area contributed by atoms with Crippen molar-refractivity contribution >= 4 is 29.1 Å². The molecule has 10 heteroatoms. The highest BCUT2D eigenvalue weighted by Crippen LogP contribution is 2.34. The average Bonchev–Trinajstić information content (AvgIpc) is 2.62. The standard InChI is InChI=1S/C16H12ClF3N6/c17-12-5-4-10(16(18,19)20)7-13(12)24-15-25-14(9-23-26-15)22-8-11-3-1-2-6-21-11/h1-7,9H,8H2,(H2,22,24,25,26). The van der Waals surface area contributed by atoms with Crippen LogP contribution in [-0.4, -0.2) is 20.2 Å². The van der Waals surface area contributed by atoms with Crippen molar-refractivity contribution in [2.24, 2.45) is 0 Å². The van der Waals surface area contributed by atoms with E-state index in [2.05, 4.69) is 30.8 Å². The first-order valence-electron chi connectivity index (χ1n) is 7.39. The molecule has 0 atom stereocenters. The van der Waals surface area contributed by atoms with Crippen LogP contribution in [0.15, 0.2) is 48.8 Å². The van der Waals surface area contributed by atoms with Crippen molar-refractivity contribution in [2.75, 3.05) is 10.6 Å². The number of hydrogen-bond acceptors (Lipinski definition) is 6. The number of aromatic nitrogens is 4. The zero-order chi connectivity index (χ0) is 18.6. The van der Waals surface area contributed by atoms with Crippen molar-refractivity contribution in [1.82, 2.24) is 20.2 Å². The van der Waals surface area contributed by atoms with E-state index in [0.717, 1.165) is 23.9 Å². The molecule has 2 N–H and O–H groups in total. The Labute approximate surface area is 151 Å². The van der Waals surface area contributed by atoms with Crippen LogP contribution in [0.3, 0.4) is 0 Å². The van der Waals surface area contributed by atoms with Gasteiger partial charge < -0.3 is 10.6 Å². The van der Waals surface area contributed by atoms with Crippen molar-refractivity contribution < 1.29 is 13.2 Å². The molecule has 2 heterocycles. The second-order valence-corrected chi connectivity index (χ2v) is 5.56. The van der Waals surface area contributed by atoms with Gasteiger partial charge in [0.2, 0.25) is 5.95 Å². The predicted molar refractivity (Wildman–Crippen MR) is 91.1 cm³/mol. The highest BCUT2D eigenvalue weighted by molar-refractivity contribution is 6.33.